The summed E-state index contributed by atoms with van der Waals surface area (Å²) in [6, 6.07) is 54.2. The second-order valence-electron chi connectivity index (χ2n) is 10.9. The van der Waals surface area contributed by atoms with Crippen molar-refractivity contribution in [1.29, 1.82) is 0 Å². The molecule has 0 radical (unpaired) electrons. The van der Waals surface area contributed by atoms with Crippen LogP contribution >= 0.6 is 0 Å². The van der Waals surface area contributed by atoms with Gasteiger partial charge in [-0.15, -0.1) is 0 Å². The first-order valence-corrected chi connectivity index (χ1v) is 15.1. The van der Waals surface area contributed by atoms with E-state index in [0.717, 1.165) is 23.5 Å². The van der Waals surface area contributed by atoms with Crippen LogP contribution in [-0.2, 0) is 6.42 Å². The molecule has 0 saturated heterocycles. The van der Waals surface area contributed by atoms with Gasteiger partial charge in [0.15, 0.2) is 0 Å². The molecule has 0 fully saturated rings. The zero-order valence-corrected chi connectivity index (χ0v) is 24.8. The molecule has 0 spiro atoms. The lowest BCUT2D eigenvalue weighted by Crippen LogP contribution is -2.10. The molecule has 0 aliphatic rings. The molecule has 0 amide bonds. The SMILES string of the molecule is CCc1cc(C(c2ccccc2)c2ccccc2)cc(C(c2ccccc2)c2ccccc2)c1N=C(C)c1ccccn1. The topological polar surface area (TPSA) is 25.2 Å². The number of hydrogen-bond acceptors (Lipinski definition) is 2. The van der Waals surface area contributed by atoms with Gasteiger partial charge in [-0.2, -0.15) is 0 Å². The van der Waals surface area contributed by atoms with Gasteiger partial charge in [-0.3, -0.25) is 9.98 Å². The van der Waals surface area contributed by atoms with Gasteiger partial charge < -0.3 is 0 Å². The van der Waals surface area contributed by atoms with Gasteiger partial charge in [0.05, 0.1) is 17.1 Å². The molecule has 6 rings (SSSR count). The average molecular weight is 557 g/mol. The van der Waals surface area contributed by atoms with Crippen LogP contribution in [0.1, 0.15) is 70.3 Å². The molecule has 1 aromatic heterocycles. The van der Waals surface area contributed by atoms with Crippen molar-refractivity contribution in [3.8, 4) is 0 Å². The molecule has 2 nitrogen and oxygen atoms in total. The van der Waals surface area contributed by atoms with Crippen molar-refractivity contribution in [2.75, 3.05) is 0 Å². The molecular weight excluding hydrogens is 520 g/mol. The van der Waals surface area contributed by atoms with Crippen LogP contribution in [0.5, 0.6) is 0 Å². The second kappa shape index (κ2) is 13.3. The molecule has 0 unspecified atom stereocenters. The molecule has 0 aliphatic carbocycles. The molecule has 0 bridgehead atoms. The van der Waals surface area contributed by atoms with Crippen LogP contribution in [0, 0.1) is 0 Å². The van der Waals surface area contributed by atoms with Crippen LogP contribution in [0.25, 0.3) is 0 Å². The molecule has 0 saturated carbocycles. The summed E-state index contributed by atoms with van der Waals surface area (Å²) < 4.78 is 0. The van der Waals surface area contributed by atoms with Gasteiger partial charge in [-0.1, -0.05) is 146 Å². The van der Waals surface area contributed by atoms with Crippen molar-refractivity contribution in [3.05, 3.63) is 202 Å². The second-order valence-corrected chi connectivity index (χ2v) is 10.9. The first-order valence-electron chi connectivity index (χ1n) is 15.1. The minimum Gasteiger partial charge on any atom is -0.255 e. The highest BCUT2D eigenvalue weighted by Crippen LogP contribution is 2.43. The lowest BCUT2D eigenvalue weighted by Gasteiger charge is -2.26. The molecule has 6 aromatic rings. The maximum atomic E-state index is 5.37. The van der Waals surface area contributed by atoms with Gasteiger partial charge in [-0.25, -0.2) is 0 Å². The number of benzene rings is 5. The highest BCUT2D eigenvalue weighted by Gasteiger charge is 2.26. The summed E-state index contributed by atoms with van der Waals surface area (Å²) in [4.78, 5) is 9.99. The quantitative estimate of drug-likeness (QED) is 0.128. The van der Waals surface area contributed by atoms with Crippen LogP contribution in [0.15, 0.2) is 163 Å². The smallest absolute Gasteiger partial charge is 0.0841 e. The van der Waals surface area contributed by atoms with E-state index in [1.54, 1.807) is 0 Å². The minimum absolute atomic E-state index is 0.00938. The highest BCUT2D eigenvalue weighted by atomic mass is 14.8. The van der Waals surface area contributed by atoms with E-state index < -0.39 is 0 Å². The van der Waals surface area contributed by atoms with Gasteiger partial charge in [0.2, 0.25) is 0 Å². The summed E-state index contributed by atoms with van der Waals surface area (Å²) in [6.45, 7) is 4.30. The lowest BCUT2D eigenvalue weighted by atomic mass is 9.78. The Kier molecular flexibility index (Phi) is 8.66. The third-order valence-electron chi connectivity index (χ3n) is 8.11. The molecule has 0 atom stereocenters. The molecular formula is C41H36N2. The molecule has 2 heteroatoms. The summed E-state index contributed by atoms with van der Waals surface area (Å²) in [7, 11) is 0. The average Bonchev–Trinajstić information content (AvgIpc) is 3.08. The van der Waals surface area contributed by atoms with Crippen molar-refractivity contribution in [2.24, 2.45) is 4.99 Å². The predicted molar refractivity (Wildman–Crippen MR) is 180 cm³/mol. The summed E-state index contributed by atoms with van der Waals surface area (Å²) in [6.07, 6.45) is 2.70. The van der Waals surface area contributed by atoms with Crippen LogP contribution in [0.4, 0.5) is 5.69 Å². The normalized spacial score (nSPS) is 11.7. The third kappa shape index (κ3) is 6.24. The number of nitrogens with zero attached hydrogens (tertiary/aromatic N) is 2. The highest BCUT2D eigenvalue weighted by molar-refractivity contribution is 5.99. The van der Waals surface area contributed by atoms with Gasteiger partial charge in [-0.05, 0) is 64.4 Å². The zero-order chi connectivity index (χ0) is 29.4. The first-order chi connectivity index (χ1) is 21.2. The standard InChI is InChI=1S/C41H36N2/c1-3-31-28-36(39(32-18-8-4-9-19-32)33-20-10-5-11-21-33)29-37(41(31)43-30(2)38-26-16-17-27-42-38)40(34-22-12-6-13-23-34)35-24-14-7-15-25-35/h4-29,39-40H,3H2,1-2H3. The number of aliphatic imine (C=N–C) groups is 1. The van der Waals surface area contributed by atoms with Gasteiger partial charge >= 0.3 is 0 Å². The number of aromatic nitrogens is 1. The Morgan fingerprint density at radius 2 is 1.02 bits per heavy atom. The number of pyridine rings is 1. The Labute approximate surface area is 255 Å². The van der Waals surface area contributed by atoms with Crippen molar-refractivity contribution in [2.45, 2.75) is 32.1 Å². The molecule has 210 valence electrons. The first kappa shape index (κ1) is 28.1. The molecule has 5 aromatic carbocycles. The summed E-state index contributed by atoms with van der Waals surface area (Å²) >= 11 is 0. The third-order valence-corrected chi connectivity index (χ3v) is 8.11. The summed E-state index contributed by atoms with van der Waals surface area (Å²) in [5, 5.41) is 0. The Bertz CT molecular complexity index is 1700. The predicted octanol–water partition coefficient (Wildman–Crippen LogP) is 10.1. The Balaban J connectivity index is 1.66. The van der Waals surface area contributed by atoms with Crippen molar-refractivity contribution < 1.29 is 0 Å². The van der Waals surface area contributed by atoms with Gasteiger partial charge in [0.1, 0.15) is 0 Å². The Hall–Kier alpha value is -5.08. The van der Waals surface area contributed by atoms with Crippen LogP contribution in [-0.4, -0.2) is 10.7 Å². The van der Waals surface area contributed by atoms with Gasteiger partial charge in [0, 0.05) is 18.0 Å². The zero-order valence-electron chi connectivity index (χ0n) is 24.8. The Morgan fingerprint density at radius 1 is 0.558 bits per heavy atom. The fraction of sp³-hybridized carbons (Fsp3) is 0.122. The minimum atomic E-state index is 0.00938. The van der Waals surface area contributed by atoms with Crippen molar-refractivity contribution in [1.82, 2.24) is 4.98 Å². The maximum absolute atomic E-state index is 5.37. The van der Waals surface area contributed by atoms with E-state index >= 15 is 0 Å². The van der Waals surface area contributed by atoms with Gasteiger partial charge in [0.25, 0.3) is 0 Å². The fourth-order valence-electron chi connectivity index (χ4n) is 6.05. The van der Waals surface area contributed by atoms with E-state index in [0.29, 0.717) is 0 Å². The van der Waals surface area contributed by atoms with Crippen LogP contribution in [0.2, 0.25) is 0 Å². The monoisotopic (exact) mass is 556 g/mol. The van der Waals surface area contributed by atoms with Crippen molar-refractivity contribution >= 4 is 11.4 Å². The van der Waals surface area contributed by atoms with E-state index in [1.807, 2.05) is 24.4 Å². The number of rotatable bonds is 9. The Morgan fingerprint density at radius 3 is 1.47 bits per heavy atom. The lowest BCUT2D eigenvalue weighted by molar-refractivity contribution is 0.926. The van der Waals surface area contributed by atoms with Crippen molar-refractivity contribution in [3.63, 3.8) is 0 Å². The van der Waals surface area contributed by atoms with E-state index in [4.69, 9.17) is 4.99 Å². The summed E-state index contributed by atoms with van der Waals surface area (Å²) in [5.41, 5.74) is 11.6. The van der Waals surface area contributed by atoms with Crippen LogP contribution in [0.3, 0.4) is 0 Å². The number of aryl methyl sites for hydroxylation is 1. The maximum Gasteiger partial charge on any atom is 0.0841 e. The summed E-state index contributed by atoms with van der Waals surface area (Å²) in [5.74, 6) is 0.101. The van der Waals surface area contributed by atoms with E-state index in [-0.39, 0.29) is 11.8 Å². The molecule has 0 N–H and O–H groups in total. The van der Waals surface area contributed by atoms with E-state index in [1.165, 1.54) is 38.9 Å². The molecule has 0 aliphatic heterocycles. The van der Waals surface area contributed by atoms with E-state index in [9.17, 15) is 0 Å². The number of hydrogen-bond donors (Lipinski definition) is 0. The fourth-order valence-corrected chi connectivity index (χ4v) is 6.05. The van der Waals surface area contributed by atoms with Crippen LogP contribution < -0.4 is 0 Å². The molecule has 1 heterocycles. The largest absolute Gasteiger partial charge is 0.255 e. The van der Waals surface area contributed by atoms with E-state index in [2.05, 4.69) is 152 Å². The molecule has 43 heavy (non-hydrogen) atoms.